The lowest BCUT2D eigenvalue weighted by Gasteiger charge is -2.22. The average molecular weight is 398 g/mol. The molecular formula is C18H21Cl2N3O3. The molecule has 0 saturated carbocycles. The van der Waals surface area contributed by atoms with Gasteiger partial charge in [-0.25, -0.2) is 0 Å². The number of hydrogen-bond acceptors (Lipinski definition) is 5. The Kier molecular flexibility index (Phi) is 5.58. The third-order valence-corrected chi connectivity index (χ3v) is 5.63. The molecule has 6 nitrogen and oxygen atoms in total. The third-order valence-electron chi connectivity index (χ3n) is 5.32. The molecule has 1 aromatic carbocycles. The molecule has 1 aromatic heterocycles. The van der Waals surface area contributed by atoms with Gasteiger partial charge >= 0.3 is 0 Å². The first-order valence-electron chi connectivity index (χ1n) is 8.51. The Labute approximate surface area is 163 Å². The Morgan fingerprint density at radius 2 is 2.15 bits per heavy atom. The molecule has 2 aromatic rings. The Morgan fingerprint density at radius 3 is 2.85 bits per heavy atom. The minimum Gasteiger partial charge on any atom is -0.460 e. The zero-order valence-corrected chi connectivity index (χ0v) is 15.8. The quantitative estimate of drug-likeness (QED) is 0.620. The summed E-state index contributed by atoms with van der Waals surface area (Å²) in [5.41, 5.74) is 1.10. The molecule has 0 radical (unpaired) electrons. The van der Waals surface area contributed by atoms with Crippen LogP contribution in [0, 0.1) is 15.5 Å². The Hall–Kier alpha value is -1.60. The van der Waals surface area contributed by atoms with Crippen molar-refractivity contribution in [3.05, 3.63) is 51.2 Å². The molecule has 2 fully saturated rings. The predicted octanol–water partition coefficient (Wildman–Crippen LogP) is 4.12. The number of likely N-dealkylation sites (tertiary alicyclic amines) is 1. The summed E-state index contributed by atoms with van der Waals surface area (Å²) in [6.45, 7) is 5.22. The number of benzene rings is 1. The summed E-state index contributed by atoms with van der Waals surface area (Å²) >= 11 is 6.19. The Bertz CT molecular complexity index is 803. The van der Waals surface area contributed by atoms with E-state index in [1.165, 1.54) is 25.0 Å². The molecule has 2 aliphatic heterocycles. The molecule has 0 amide bonds. The highest BCUT2D eigenvalue weighted by Gasteiger charge is 2.40. The number of nitrogens with one attached hydrogen (secondary N) is 1. The second-order valence-electron chi connectivity index (χ2n) is 7.07. The van der Waals surface area contributed by atoms with Crippen LogP contribution >= 0.6 is 24.0 Å². The normalized spacial score (nSPS) is 22.7. The predicted molar refractivity (Wildman–Crippen MR) is 103 cm³/mol. The molecule has 1 unspecified atom stereocenters. The number of rotatable bonds is 4. The highest BCUT2D eigenvalue weighted by atomic mass is 35.5. The molecule has 3 heterocycles. The molecule has 8 heteroatoms. The van der Waals surface area contributed by atoms with Crippen LogP contribution in [0.25, 0.3) is 11.3 Å². The highest BCUT2D eigenvalue weighted by Crippen LogP contribution is 2.37. The summed E-state index contributed by atoms with van der Waals surface area (Å²) in [6, 6.07) is 8.28. The molecule has 140 valence electrons. The van der Waals surface area contributed by atoms with Crippen molar-refractivity contribution in [3.8, 4) is 11.3 Å². The van der Waals surface area contributed by atoms with Gasteiger partial charge < -0.3 is 9.73 Å². The van der Waals surface area contributed by atoms with Crippen LogP contribution in [0.5, 0.6) is 0 Å². The molecule has 0 aliphatic carbocycles. The lowest BCUT2D eigenvalue weighted by atomic mass is 9.87. The number of non-ortho nitro benzene ring substituents is 1. The third kappa shape index (κ3) is 3.74. The van der Waals surface area contributed by atoms with E-state index in [9.17, 15) is 10.1 Å². The van der Waals surface area contributed by atoms with Gasteiger partial charge in [0.1, 0.15) is 11.5 Å². The molecule has 2 aliphatic rings. The van der Waals surface area contributed by atoms with E-state index in [2.05, 4.69) is 10.2 Å². The maximum Gasteiger partial charge on any atom is 0.270 e. The number of nitro benzene ring substituents is 1. The minimum absolute atomic E-state index is 0. The van der Waals surface area contributed by atoms with E-state index in [-0.39, 0.29) is 18.1 Å². The monoisotopic (exact) mass is 397 g/mol. The van der Waals surface area contributed by atoms with E-state index < -0.39 is 4.92 Å². The zero-order chi connectivity index (χ0) is 17.4. The van der Waals surface area contributed by atoms with Crippen LogP contribution in [0.15, 0.2) is 34.7 Å². The van der Waals surface area contributed by atoms with Gasteiger partial charge in [0.2, 0.25) is 0 Å². The van der Waals surface area contributed by atoms with Crippen molar-refractivity contribution < 1.29 is 9.34 Å². The van der Waals surface area contributed by atoms with Crippen molar-refractivity contribution in [2.45, 2.75) is 19.4 Å². The fourth-order valence-corrected chi connectivity index (χ4v) is 4.22. The fourth-order valence-electron chi connectivity index (χ4n) is 3.95. The lowest BCUT2D eigenvalue weighted by Crippen LogP contribution is -2.28. The van der Waals surface area contributed by atoms with Gasteiger partial charge in [-0.3, -0.25) is 15.0 Å². The highest BCUT2D eigenvalue weighted by molar-refractivity contribution is 6.33. The number of nitrogens with zero attached hydrogens (tertiary/aromatic N) is 2. The van der Waals surface area contributed by atoms with Gasteiger partial charge in [0.05, 0.1) is 16.5 Å². The van der Waals surface area contributed by atoms with Gasteiger partial charge in [0.25, 0.3) is 5.69 Å². The molecule has 2 saturated heterocycles. The van der Waals surface area contributed by atoms with Crippen LogP contribution in [0.1, 0.15) is 18.6 Å². The van der Waals surface area contributed by atoms with E-state index in [4.69, 9.17) is 16.0 Å². The van der Waals surface area contributed by atoms with E-state index in [1.54, 1.807) is 6.07 Å². The smallest absolute Gasteiger partial charge is 0.270 e. The zero-order valence-electron chi connectivity index (χ0n) is 14.2. The van der Waals surface area contributed by atoms with Gasteiger partial charge in [0.15, 0.2) is 0 Å². The van der Waals surface area contributed by atoms with Crippen molar-refractivity contribution in [2.75, 3.05) is 26.2 Å². The summed E-state index contributed by atoms with van der Waals surface area (Å²) < 4.78 is 5.95. The summed E-state index contributed by atoms with van der Waals surface area (Å²) in [7, 11) is 0. The maximum atomic E-state index is 10.8. The van der Waals surface area contributed by atoms with Crippen molar-refractivity contribution in [2.24, 2.45) is 5.41 Å². The van der Waals surface area contributed by atoms with Crippen LogP contribution in [0.2, 0.25) is 5.02 Å². The number of halogens is 2. The first-order valence-corrected chi connectivity index (χ1v) is 8.89. The van der Waals surface area contributed by atoms with Crippen LogP contribution in [-0.2, 0) is 6.54 Å². The minimum atomic E-state index is -0.454. The summed E-state index contributed by atoms with van der Waals surface area (Å²) in [4.78, 5) is 12.8. The summed E-state index contributed by atoms with van der Waals surface area (Å²) in [5.74, 6) is 1.54. The van der Waals surface area contributed by atoms with E-state index in [0.29, 0.717) is 21.8 Å². The van der Waals surface area contributed by atoms with Crippen molar-refractivity contribution in [1.82, 2.24) is 10.2 Å². The largest absolute Gasteiger partial charge is 0.460 e. The fraction of sp³-hybridized carbons (Fsp3) is 0.444. The van der Waals surface area contributed by atoms with Crippen LogP contribution in [0.3, 0.4) is 0 Å². The second-order valence-corrected chi connectivity index (χ2v) is 7.48. The standard InChI is InChI=1S/C18H20ClN3O3.ClH/c19-16-9-13(22(23)24)1-3-15(16)17-4-2-14(25-17)10-21-8-6-18(12-21)5-7-20-11-18;/h1-4,9,20H,5-8,10-12H2;1H. The van der Waals surface area contributed by atoms with Gasteiger partial charge in [-0.2, -0.15) is 0 Å². The number of nitro groups is 1. The van der Waals surface area contributed by atoms with Gasteiger partial charge in [-0.1, -0.05) is 11.6 Å². The molecule has 1 N–H and O–H groups in total. The van der Waals surface area contributed by atoms with Crippen molar-refractivity contribution >= 4 is 29.7 Å². The Balaban J connectivity index is 0.00000196. The van der Waals surface area contributed by atoms with Gasteiger partial charge in [-0.05, 0) is 49.5 Å². The molecule has 4 rings (SSSR count). The number of hydrogen-bond donors (Lipinski definition) is 1. The average Bonchev–Trinajstić information content (AvgIpc) is 3.31. The molecule has 1 atom stereocenters. The number of furan rings is 1. The molecular weight excluding hydrogens is 377 g/mol. The van der Waals surface area contributed by atoms with E-state index in [1.807, 2.05) is 12.1 Å². The molecule has 26 heavy (non-hydrogen) atoms. The maximum absolute atomic E-state index is 10.8. The van der Waals surface area contributed by atoms with Crippen molar-refractivity contribution in [1.29, 1.82) is 0 Å². The lowest BCUT2D eigenvalue weighted by molar-refractivity contribution is -0.384. The van der Waals surface area contributed by atoms with E-state index in [0.717, 1.165) is 38.5 Å². The summed E-state index contributed by atoms with van der Waals surface area (Å²) in [6.07, 6.45) is 2.49. The summed E-state index contributed by atoms with van der Waals surface area (Å²) in [5, 5.41) is 14.6. The SMILES string of the molecule is Cl.O=[N+]([O-])c1ccc(-c2ccc(CN3CCC4(CCNC4)C3)o2)c(Cl)c1. The van der Waals surface area contributed by atoms with Gasteiger partial charge in [0, 0.05) is 30.8 Å². The van der Waals surface area contributed by atoms with Crippen LogP contribution in [0.4, 0.5) is 5.69 Å². The van der Waals surface area contributed by atoms with Crippen LogP contribution in [-0.4, -0.2) is 36.0 Å². The first kappa shape index (κ1) is 19.2. The Morgan fingerprint density at radius 1 is 1.31 bits per heavy atom. The van der Waals surface area contributed by atoms with Gasteiger partial charge in [-0.15, -0.1) is 12.4 Å². The second kappa shape index (κ2) is 7.56. The molecule has 0 bridgehead atoms. The van der Waals surface area contributed by atoms with Crippen LogP contribution < -0.4 is 5.32 Å². The van der Waals surface area contributed by atoms with E-state index >= 15 is 0 Å². The first-order chi connectivity index (χ1) is 12.0. The van der Waals surface area contributed by atoms with Crippen molar-refractivity contribution in [3.63, 3.8) is 0 Å². The molecule has 1 spiro atoms. The topological polar surface area (TPSA) is 71.6 Å².